The van der Waals surface area contributed by atoms with Crippen molar-refractivity contribution in [1.82, 2.24) is 10.2 Å². The highest BCUT2D eigenvalue weighted by Crippen LogP contribution is 2.42. The summed E-state index contributed by atoms with van der Waals surface area (Å²) in [5.41, 5.74) is -0.363. The van der Waals surface area contributed by atoms with E-state index in [4.69, 9.17) is 0 Å². The molecule has 1 aromatic heterocycles. The Morgan fingerprint density at radius 1 is 1.43 bits per heavy atom. The molecule has 2 unspecified atom stereocenters. The molecular weight excluding hydrogens is 304 g/mol. The third-order valence-electron chi connectivity index (χ3n) is 4.50. The smallest absolute Gasteiger partial charge is 0.244 e. The van der Waals surface area contributed by atoms with Crippen LogP contribution in [0.3, 0.4) is 0 Å². The lowest BCUT2D eigenvalue weighted by atomic mass is 9.98. The summed E-state index contributed by atoms with van der Waals surface area (Å²) in [6, 6.07) is 4.21. The van der Waals surface area contributed by atoms with Crippen LogP contribution in [-0.4, -0.2) is 39.1 Å². The number of nitrogens with one attached hydrogen (secondary N) is 1. The van der Waals surface area contributed by atoms with Gasteiger partial charge >= 0.3 is 0 Å². The Kier molecular flexibility index (Phi) is 4.21. The number of carbonyl (C=O) groups excluding carboxylic acids is 1. The van der Waals surface area contributed by atoms with Crippen LogP contribution in [0.2, 0.25) is 0 Å². The van der Waals surface area contributed by atoms with Crippen molar-refractivity contribution >= 4 is 28.0 Å². The maximum Gasteiger partial charge on any atom is 0.244 e. The number of nitrogens with zero attached hydrogens (tertiary/aromatic N) is 1. The van der Waals surface area contributed by atoms with E-state index in [1.807, 2.05) is 4.90 Å². The average molecular weight is 326 g/mol. The van der Waals surface area contributed by atoms with Crippen molar-refractivity contribution in [3.05, 3.63) is 21.9 Å². The van der Waals surface area contributed by atoms with E-state index < -0.39 is 10.8 Å². The first-order valence-corrected chi connectivity index (χ1v) is 10.0. The van der Waals surface area contributed by atoms with E-state index in [1.165, 1.54) is 9.75 Å². The number of hydrogen-bond acceptors (Lipinski definition) is 4. The van der Waals surface area contributed by atoms with E-state index in [1.54, 1.807) is 17.6 Å². The zero-order valence-corrected chi connectivity index (χ0v) is 14.2. The lowest BCUT2D eigenvalue weighted by molar-refractivity contribution is -0.132. The maximum absolute atomic E-state index is 12.9. The molecule has 21 heavy (non-hydrogen) atoms. The lowest BCUT2D eigenvalue weighted by Gasteiger charge is -2.22. The molecule has 0 bridgehead atoms. The van der Waals surface area contributed by atoms with E-state index >= 15 is 0 Å². The number of rotatable bonds is 4. The van der Waals surface area contributed by atoms with E-state index in [0.717, 1.165) is 25.7 Å². The zero-order valence-electron chi connectivity index (χ0n) is 12.6. The van der Waals surface area contributed by atoms with E-state index in [0.29, 0.717) is 12.3 Å². The number of hydrogen-bond donors (Lipinski definition) is 1. The van der Waals surface area contributed by atoms with Gasteiger partial charge < -0.3 is 4.90 Å². The molecule has 1 N–H and O–H groups in total. The third-order valence-corrected chi connectivity index (χ3v) is 6.31. The van der Waals surface area contributed by atoms with Crippen LogP contribution in [0.25, 0.3) is 0 Å². The van der Waals surface area contributed by atoms with Crippen LogP contribution >= 0.6 is 11.3 Å². The van der Waals surface area contributed by atoms with Crippen molar-refractivity contribution in [2.45, 2.75) is 44.3 Å². The minimum atomic E-state index is -0.874. The third kappa shape index (κ3) is 2.81. The largest absolute Gasteiger partial charge is 0.320 e. The normalized spacial score (nSPS) is 25.9. The van der Waals surface area contributed by atoms with Gasteiger partial charge in [-0.15, -0.1) is 11.3 Å². The van der Waals surface area contributed by atoms with Crippen molar-refractivity contribution in [3.63, 3.8) is 0 Å². The predicted octanol–water partition coefficient (Wildman–Crippen LogP) is 2.18. The van der Waals surface area contributed by atoms with Crippen LogP contribution in [0, 0.1) is 6.92 Å². The van der Waals surface area contributed by atoms with Gasteiger partial charge in [0.15, 0.2) is 0 Å². The first-order valence-electron chi connectivity index (χ1n) is 7.47. The molecule has 4 nitrogen and oxygen atoms in total. The summed E-state index contributed by atoms with van der Waals surface area (Å²) in [6.07, 6.45) is 5.74. The molecule has 1 saturated heterocycles. The van der Waals surface area contributed by atoms with E-state index in [9.17, 15) is 9.00 Å². The van der Waals surface area contributed by atoms with Gasteiger partial charge in [0.2, 0.25) is 5.91 Å². The Labute approximate surface area is 132 Å². The van der Waals surface area contributed by atoms with E-state index in [-0.39, 0.29) is 17.6 Å². The monoisotopic (exact) mass is 326 g/mol. The second kappa shape index (κ2) is 5.82. The molecule has 1 aliphatic carbocycles. The number of aryl methyl sites for hydroxylation is 1. The van der Waals surface area contributed by atoms with Gasteiger partial charge in [0.25, 0.3) is 0 Å². The van der Waals surface area contributed by atoms with Crippen LogP contribution in [0.15, 0.2) is 12.1 Å². The van der Waals surface area contributed by atoms with Crippen LogP contribution in [-0.2, 0) is 15.6 Å². The standard InChI is InChI=1S/C15H22N2O2S2/c1-11-5-6-12(20-11)13-16-15(7-3-4-8-15)14(18)17(13)9-10-21(2)19/h5-6,13,16H,3-4,7-10H2,1-2H3. The second-order valence-corrected chi connectivity index (χ2v) is 8.93. The lowest BCUT2D eigenvalue weighted by Crippen LogP contribution is -2.44. The van der Waals surface area contributed by atoms with Gasteiger partial charge in [0.05, 0.1) is 5.54 Å². The Morgan fingerprint density at radius 3 is 2.71 bits per heavy atom. The van der Waals surface area contributed by atoms with Gasteiger partial charge in [-0.1, -0.05) is 12.8 Å². The molecule has 2 fully saturated rings. The van der Waals surface area contributed by atoms with Gasteiger partial charge in [-0.2, -0.15) is 0 Å². The van der Waals surface area contributed by atoms with Gasteiger partial charge in [-0.25, -0.2) is 0 Å². The van der Waals surface area contributed by atoms with Crippen molar-refractivity contribution in [2.75, 3.05) is 18.6 Å². The summed E-state index contributed by atoms with van der Waals surface area (Å²) in [5.74, 6) is 0.756. The first-order chi connectivity index (χ1) is 10.0. The topological polar surface area (TPSA) is 49.4 Å². The van der Waals surface area contributed by atoms with Gasteiger partial charge in [-0.3, -0.25) is 14.3 Å². The van der Waals surface area contributed by atoms with Crippen LogP contribution < -0.4 is 5.32 Å². The highest BCUT2D eigenvalue weighted by Gasteiger charge is 2.52. The molecular formula is C15H22N2O2S2. The molecule has 116 valence electrons. The van der Waals surface area contributed by atoms with Crippen molar-refractivity contribution in [1.29, 1.82) is 0 Å². The molecule has 1 aromatic rings. The summed E-state index contributed by atoms with van der Waals surface area (Å²) >= 11 is 1.73. The molecule has 1 spiro atoms. The summed E-state index contributed by atoms with van der Waals surface area (Å²) in [4.78, 5) is 17.3. The van der Waals surface area contributed by atoms with Crippen molar-refractivity contribution in [2.24, 2.45) is 0 Å². The molecule has 6 heteroatoms. The summed E-state index contributed by atoms with van der Waals surface area (Å²) < 4.78 is 11.4. The second-order valence-electron chi connectivity index (χ2n) is 6.06. The Bertz CT molecular complexity index is 564. The quantitative estimate of drug-likeness (QED) is 0.922. The molecule has 2 aliphatic rings. The van der Waals surface area contributed by atoms with E-state index in [2.05, 4.69) is 24.4 Å². The molecule has 0 aromatic carbocycles. The fourth-order valence-corrected chi connectivity index (χ4v) is 4.81. The Morgan fingerprint density at radius 2 is 2.14 bits per heavy atom. The van der Waals surface area contributed by atoms with Crippen molar-refractivity contribution < 1.29 is 9.00 Å². The molecule has 1 amide bonds. The fourth-order valence-electron chi connectivity index (χ4n) is 3.41. The number of thiophene rings is 1. The fraction of sp³-hybridized carbons (Fsp3) is 0.667. The summed E-state index contributed by atoms with van der Waals surface area (Å²) in [7, 11) is -0.874. The highest BCUT2D eigenvalue weighted by atomic mass is 32.2. The minimum Gasteiger partial charge on any atom is -0.320 e. The van der Waals surface area contributed by atoms with Crippen LogP contribution in [0.4, 0.5) is 0 Å². The summed E-state index contributed by atoms with van der Waals surface area (Å²) in [5, 5.41) is 3.61. The number of amides is 1. The van der Waals surface area contributed by atoms with Crippen LogP contribution in [0.5, 0.6) is 0 Å². The molecule has 2 atom stereocenters. The predicted molar refractivity (Wildman–Crippen MR) is 86.8 cm³/mol. The molecule has 1 aliphatic heterocycles. The molecule has 3 rings (SSSR count). The molecule has 1 saturated carbocycles. The Hall–Kier alpha value is -0.720. The first kappa shape index (κ1) is 15.2. The zero-order chi connectivity index (χ0) is 15.0. The van der Waals surface area contributed by atoms with Gasteiger partial charge in [0.1, 0.15) is 6.17 Å². The average Bonchev–Trinajstić information content (AvgIpc) is 3.11. The summed E-state index contributed by atoms with van der Waals surface area (Å²) in [6.45, 7) is 2.65. The SMILES string of the molecule is Cc1ccc(C2NC3(CCCC3)C(=O)N2CCS(C)=O)s1. The van der Waals surface area contributed by atoms with Gasteiger partial charge in [-0.05, 0) is 31.9 Å². The Balaban J connectivity index is 1.88. The van der Waals surface area contributed by atoms with Crippen molar-refractivity contribution in [3.8, 4) is 0 Å². The molecule has 0 radical (unpaired) electrons. The minimum absolute atomic E-state index is 0.0437. The highest BCUT2D eigenvalue weighted by molar-refractivity contribution is 7.84. The number of carbonyl (C=O) groups is 1. The van der Waals surface area contributed by atoms with Gasteiger partial charge in [0, 0.05) is 39.1 Å². The molecule has 2 heterocycles. The maximum atomic E-state index is 12.9. The van der Waals surface area contributed by atoms with Crippen LogP contribution in [0.1, 0.15) is 41.6 Å².